The van der Waals surface area contributed by atoms with E-state index in [1.165, 1.54) is 13.8 Å². The zero-order valence-electron chi connectivity index (χ0n) is 12.8. The summed E-state index contributed by atoms with van der Waals surface area (Å²) in [6.07, 6.45) is -2.25. The highest BCUT2D eigenvalue weighted by atomic mass is 19.1. The van der Waals surface area contributed by atoms with Crippen LogP contribution < -0.4 is 16.8 Å². The number of rotatable bonds is 2. The van der Waals surface area contributed by atoms with Crippen LogP contribution in [0.4, 0.5) is 10.1 Å². The summed E-state index contributed by atoms with van der Waals surface area (Å²) in [4.78, 5) is 21.8. The molecule has 0 saturated heterocycles. The highest BCUT2D eigenvalue weighted by Crippen LogP contribution is 2.29. The first-order valence-corrected chi connectivity index (χ1v) is 6.79. The normalized spacial score (nSPS) is 26.6. The van der Waals surface area contributed by atoms with E-state index < -0.39 is 35.3 Å². The molecule has 1 aromatic rings. The fourth-order valence-corrected chi connectivity index (χ4v) is 2.19. The van der Waals surface area contributed by atoms with E-state index in [4.69, 9.17) is 21.7 Å². The molecular weight excluding hydrogens is 305 g/mol. The minimum absolute atomic E-state index is 0.0924. The lowest BCUT2D eigenvalue weighted by Gasteiger charge is -2.40. The van der Waals surface area contributed by atoms with E-state index in [0.717, 1.165) is 5.69 Å². The number of hydrogen-bond donors (Lipinski definition) is 5. The molecule has 1 aliphatic rings. The molecule has 8 heteroatoms. The van der Waals surface area contributed by atoms with E-state index in [-0.39, 0.29) is 5.70 Å². The number of benzene rings is 1. The Balaban J connectivity index is 0.000000313. The van der Waals surface area contributed by atoms with Crippen LogP contribution >= 0.6 is 0 Å². The van der Waals surface area contributed by atoms with Gasteiger partial charge in [-0.3, -0.25) is 4.79 Å². The fraction of sp³-hybridized carbons (Fsp3) is 0.333. The van der Waals surface area contributed by atoms with E-state index in [2.05, 4.69) is 5.32 Å². The van der Waals surface area contributed by atoms with Gasteiger partial charge in [0.1, 0.15) is 0 Å². The molecule has 1 heterocycles. The summed E-state index contributed by atoms with van der Waals surface area (Å²) in [5.41, 5.74) is 8.81. The second-order valence-electron chi connectivity index (χ2n) is 5.22. The van der Waals surface area contributed by atoms with Crippen molar-refractivity contribution in [3.63, 3.8) is 0 Å². The summed E-state index contributed by atoms with van der Waals surface area (Å²) in [5.74, 6) is -3.09. The van der Waals surface area contributed by atoms with E-state index in [9.17, 15) is 14.0 Å². The number of carbonyl (C=O) groups is 2. The molecule has 3 unspecified atom stereocenters. The number of para-hydroxylation sites is 1. The van der Waals surface area contributed by atoms with Crippen LogP contribution in [0.3, 0.4) is 0 Å². The molecule has 0 aliphatic carbocycles. The summed E-state index contributed by atoms with van der Waals surface area (Å²) >= 11 is 0. The zero-order chi connectivity index (χ0) is 17.8. The fourth-order valence-electron chi connectivity index (χ4n) is 2.19. The number of allylic oxidation sites excluding steroid dienone is 1. The molecule has 0 saturated carbocycles. The second kappa shape index (κ2) is 7.10. The molecular formula is C15H20FN3O4. The number of halogens is 1. The maximum absolute atomic E-state index is 13.9. The number of carboxylic acids is 2. The molecule has 0 aromatic heterocycles. The maximum atomic E-state index is 13.9. The summed E-state index contributed by atoms with van der Waals surface area (Å²) in [6, 6.07) is 8.59. The zero-order valence-corrected chi connectivity index (χ0v) is 12.8. The second-order valence-corrected chi connectivity index (χ2v) is 5.22. The quantitative estimate of drug-likeness (QED) is 0.505. The molecule has 0 bridgehead atoms. The minimum atomic E-state index is -2.27. The number of carboxylic acid groups (broad SMARTS) is 2. The Labute approximate surface area is 132 Å². The Bertz CT molecular complexity index is 620. The van der Waals surface area contributed by atoms with Crippen molar-refractivity contribution < 1.29 is 24.2 Å². The Morgan fingerprint density at radius 1 is 1.26 bits per heavy atom. The van der Waals surface area contributed by atoms with Gasteiger partial charge in [0, 0.05) is 11.4 Å². The van der Waals surface area contributed by atoms with Crippen LogP contribution in [0.25, 0.3) is 0 Å². The van der Waals surface area contributed by atoms with Gasteiger partial charge in [-0.25, -0.2) is 9.18 Å². The average Bonchev–Trinajstić information content (AvgIpc) is 2.45. The number of nitrogen functional groups attached to an aromatic ring is 1. The molecule has 7 nitrogen and oxygen atoms in total. The van der Waals surface area contributed by atoms with Gasteiger partial charge in [-0.1, -0.05) is 18.2 Å². The third-order valence-electron chi connectivity index (χ3n) is 3.63. The summed E-state index contributed by atoms with van der Waals surface area (Å²) in [7, 11) is 0. The van der Waals surface area contributed by atoms with Gasteiger partial charge < -0.3 is 27.0 Å². The average molecular weight is 325 g/mol. The monoisotopic (exact) mass is 325 g/mol. The molecule has 2 rings (SSSR count). The number of nitrogens with two attached hydrogens (primary N) is 2. The van der Waals surface area contributed by atoms with Crippen LogP contribution in [-0.4, -0.2) is 39.9 Å². The molecule has 1 aliphatic heterocycles. The standard InChI is InChI=1S/C9H13FN2O4.C6H7N/c1-3-5(7(13)14)6(10)9(11,8(15)16)4(2)12-3;7-6-4-2-1-3-5-6/h4,6,12H,11H2,1-2H3,(H,13,14)(H,15,16);1-5H,7H2. The van der Waals surface area contributed by atoms with Crippen LogP contribution in [0.2, 0.25) is 0 Å². The van der Waals surface area contributed by atoms with Crippen molar-refractivity contribution in [2.24, 2.45) is 5.73 Å². The lowest BCUT2D eigenvalue weighted by molar-refractivity contribution is -0.147. The van der Waals surface area contributed by atoms with E-state index in [1.54, 1.807) is 0 Å². The highest BCUT2D eigenvalue weighted by Gasteiger charge is 2.54. The molecule has 0 spiro atoms. The van der Waals surface area contributed by atoms with Crippen LogP contribution in [-0.2, 0) is 9.59 Å². The van der Waals surface area contributed by atoms with Crippen LogP contribution in [0.1, 0.15) is 13.8 Å². The van der Waals surface area contributed by atoms with Crippen molar-refractivity contribution in [2.45, 2.75) is 31.6 Å². The predicted molar refractivity (Wildman–Crippen MR) is 83.2 cm³/mol. The van der Waals surface area contributed by atoms with E-state index >= 15 is 0 Å². The smallest absolute Gasteiger partial charge is 0.336 e. The number of aliphatic carboxylic acids is 2. The summed E-state index contributed by atoms with van der Waals surface area (Å²) < 4.78 is 13.9. The first-order valence-electron chi connectivity index (χ1n) is 6.79. The molecule has 1 aromatic carbocycles. The van der Waals surface area contributed by atoms with Gasteiger partial charge in [-0.05, 0) is 26.0 Å². The van der Waals surface area contributed by atoms with Crippen LogP contribution in [0, 0.1) is 0 Å². The van der Waals surface area contributed by atoms with Crippen LogP contribution in [0.15, 0.2) is 41.6 Å². The van der Waals surface area contributed by atoms with Crippen molar-refractivity contribution >= 4 is 17.6 Å². The summed E-state index contributed by atoms with van der Waals surface area (Å²) in [6.45, 7) is 2.76. The molecule has 0 amide bonds. The molecule has 3 atom stereocenters. The van der Waals surface area contributed by atoms with Crippen molar-refractivity contribution in [1.29, 1.82) is 0 Å². The van der Waals surface area contributed by atoms with Gasteiger partial charge >= 0.3 is 11.9 Å². The maximum Gasteiger partial charge on any atom is 0.336 e. The molecule has 126 valence electrons. The van der Waals surface area contributed by atoms with Gasteiger partial charge in [-0.2, -0.15) is 0 Å². The third kappa shape index (κ3) is 3.78. The van der Waals surface area contributed by atoms with E-state index in [1.807, 2.05) is 30.3 Å². The van der Waals surface area contributed by atoms with Crippen LogP contribution in [0.5, 0.6) is 0 Å². The van der Waals surface area contributed by atoms with Crippen molar-refractivity contribution in [1.82, 2.24) is 5.32 Å². The highest BCUT2D eigenvalue weighted by molar-refractivity contribution is 5.93. The molecule has 23 heavy (non-hydrogen) atoms. The molecule has 7 N–H and O–H groups in total. The number of alkyl halides is 1. The first-order chi connectivity index (χ1) is 10.6. The van der Waals surface area contributed by atoms with Gasteiger partial charge in [0.05, 0.1) is 11.6 Å². The Hall–Kier alpha value is -2.61. The van der Waals surface area contributed by atoms with Crippen molar-refractivity contribution in [3.8, 4) is 0 Å². The number of anilines is 1. The third-order valence-corrected chi connectivity index (χ3v) is 3.63. The Kier molecular flexibility index (Phi) is 5.69. The predicted octanol–water partition coefficient (Wildman–Crippen LogP) is 0.726. The largest absolute Gasteiger partial charge is 0.480 e. The molecule has 0 radical (unpaired) electrons. The van der Waals surface area contributed by atoms with Gasteiger partial charge in [0.2, 0.25) is 0 Å². The number of nitrogens with one attached hydrogen (secondary N) is 1. The molecule has 0 fully saturated rings. The van der Waals surface area contributed by atoms with Crippen molar-refractivity contribution in [3.05, 3.63) is 41.6 Å². The summed E-state index contributed by atoms with van der Waals surface area (Å²) in [5, 5.41) is 20.3. The SMILES string of the molecule is CC1=C(C(=O)O)C(F)C(N)(C(=O)O)C(C)N1.Nc1ccccc1. The van der Waals surface area contributed by atoms with Gasteiger partial charge in [0.15, 0.2) is 11.7 Å². The van der Waals surface area contributed by atoms with Crippen molar-refractivity contribution in [2.75, 3.05) is 5.73 Å². The topological polar surface area (TPSA) is 139 Å². The van der Waals surface area contributed by atoms with E-state index in [0.29, 0.717) is 0 Å². The number of hydrogen-bond acceptors (Lipinski definition) is 5. The lowest BCUT2D eigenvalue weighted by atomic mass is 9.79. The lowest BCUT2D eigenvalue weighted by Crippen LogP contribution is -2.69. The Morgan fingerprint density at radius 3 is 2.13 bits per heavy atom. The minimum Gasteiger partial charge on any atom is -0.480 e. The first kappa shape index (κ1) is 18.4. The van der Waals surface area contributed by atoms with Gasteiger partial charge in [0.25, 0.3) is 0 Å². The van der Waals surface area contributed by atoms with Gasteiger partial charge in [-0.15, -0.1) is 0 Å². The Morgan fingerprint density at radius 2 is 1.78 bits per heavy atom.